The predicted molar refractivity (Wildman–Crippen MR) is 291 cm³/mol. The first kappa shape index (κ1) is 41.5. The second-order valence-corrected chi connectivity index (χ2v) is 17.6. The molecule has 1 aromatic heterocycles. The number of rotatable bonds is 8. The normalized spacial score (nSPS) is 12.5. The predicted octanol–water partition coefficient (Wildman–Crippen LogP) is 9.92. The van der Waals surface area contributed by atoms with Gasteiger partial charge in [-0.3, -0.25) is 0 Å². The Morgan fingerprint density at radius 3 is 1.47 bits per heavy atom. The van der Waals surface area contributed by atoms with Crippen LogP contribution in [-0.4, -0.2) is 43.8 Å². The van der Waals surface area contributed by atoms with E-state index in [4.69, 9.17) is 39.2 Å². The highest BCUT2D eigenvalue weighted by molar-refractivity contribution is 6.68. The molecule has 1 heterocycles. The molecule has 7 heteroatoms. The number of fused-ring (bicyclic) bond motifs is 6. The first-order valence-corrected chi connectivity index (χ1v) is 22.8. The van der Waals surface area contributed by atoms with Gasteiger partial charge in [0.1, 0.15) is 39.2 Å². The van der Waals surface area contributed by atoms with Crippen molar-refractivity contribution in [2.75, 3.05) is 4.90 Å². The lowest BCUT2D eigenvalue weighted by molar-refractivity contribution is 0.768. The van der Waals surface area contributed by atoms with E-state index in [2.05, 4.69) is 222 Å². The lowest BCUT2D eigenvalue weighted by Crippen LogP contribution is -2.55. The molecule has 10 radical (unpaired) electrons. The number of hydrogen-bond acceptors (Lipinski definition) is 1. The van der Waals surface area contributed by atoms with Crippen molar-refractivity contribution in [3.8, 4) is 39.1 Å². The number of nitrogens with zero attached hydrogens (tertiary/aromatic N) is 2. The van der Waals surface area contributed by atoms with Crippen LogP contribution in [0, 0.1) is 0 Å². The molecule has 0 N–H and O–H groups in total. The maximum atomic E-state index is 6.57. The zero-order valence-corrected chi connectivity index (χ0v) is 37.1. The third-order valence-electron chi connectivity index (χ3n) is 14.0. The molecule has 0 spiro atoms. The van der Waals surface area contributed by atoms with Crippen LogP contribution in [0.15, 0.2) is 224 Å². The van der Waals surface area contributed by atoms with E-state index in [1.165, 1.54) is 55.2 Å². The molecule has 0 amide bonds. The van der Waals surface area contributed by atoms with Crippen LogP contribution in [0.5, 0.6) is 0 Å². The third kappa shape index (κ3) is 6.40. The maximum Gasteiger partial charge on any atom is 0.113 e. The maximum absolute atomic E-state index is 6.57. The van der Waals surface area contributed by atoms with Crippen molar-refractivity contribution in [1.82, 2.24) is 4.57 Å². The summed E-state index contributed by atoms with van der Waals surface area (Å²) in [6.45, 7) is 0. The second-order valence-electron chi connectivity index (χ2n) is 17.6. The van der Waals surface area contributed by atoms with Crippen LogP contribution in [0.1, 0.15) is 22.3 Å². The minimum atomic E-state index is -0.573. The Morgan fingerprint density at radius 2 is 0.824 bits per heavy atom. The second kappa shape index (κ2) is 16.5. The van der Waals surface area contributed by atoms with Crippen LogP contribution in [0.3, 0.4) is 0 Å². The molecule has 1 aliphatic carbocycles. The van der Waals surface area contributed by atoms with E-state index in [0.717, 1.165) is 39.4 Å². The quantitative estimate of drug-likeness (QED) is 0.138. The Hall–Kier alpha value is -7.88. The molecule has 0 unspecified atom stereocenters. The highest BCUT2D eigenvalue weighted by Gasteiger charge is 2.46. The molecular weight excluding hydrogens is 815 g/mol. The summed E-state index contributed by atoms with van der Waals surface area (Å²) < 4.78 is 2.35. The zero-order valence-electron chi connectivity index (χ0n) is 37.1. The van der Waals surface area contributed by atoms with Crippen LogP contribution >= 0.6 is 0 Å². The van der Waals surface area contributed by atoms with E-state index in [1.807, 2.05) is 12.1 Å². The number of hydrogen-bond donors (Lipinski definition) is 0. The summed E-state index contributed by atoms with van der Waals surface area (Å²) in [6.07, 6.45) is 0. The van der Waals surface area contributed by atoms with Gasteiger partial charge in [-0.25, -0.2) is 0 Å². The molecule has 0 aliphatic heterocycles. The van der Waals surface area contributed by atoms with Gasteiger partial charge in [-0.1, -0.05) is 169 Å². The molecule has 0 atom stereocenters. The fraction of sp³-hybridized carbons (Fsp3) is 0.0164. The van der Waals surface area contributed by atoms with Crippen LogP contribution in [-0.2, 0) is 5.41 Å². The van der Waals surface area contributed by atoms with Gasteiger partial charge in [0.05, 0.1) is 16.4 Å². The SMILES string of the molecule is [B]c1c([B])c([B])c(-c2ccc(N(c3ccc(-c4ccc5c(c4)c4ccccc4n5-c4ccccc4)cc3)c3ccc4c(c3)C(c3ccccc3)(c3ccccc3)c3ccccc3-4)cc2)c([B])c1[B]. The molecule has 0 saturated carbocycles. The Kier molecular flexibility index (Phi) is 10.1. The Labute approximate surface area is 404 Å². The largest absolute Gasteiger partial charge is 0.310 e. The monoisotopic (exact) mass is 852 g/mol. The number of benzene rings is 10. The van der Waals surface area contributed by atoms with Crippen molar-refractivity contribution in [2.45, 2.75) is 5.41 Å². The Balaban J connectivity index is 1.03. The summed E-state index contributed by atoms with van der Waals surface area (Å²) in [5, 5.41) is 2.42. The Morgan fingerprint density at radius 1 is 0.338 bits per heavy atom. The number of anilines is 3. The van der Waals surface area contributed by atoms with E-state index < -0.39 is 5.41 Å². The first-order chi connectivity index (χ1) is 33.3. The minimum Gasteiger partial charge on any atom is -0.310 e. The van der Waals surface area contributed by atoms with E-state index >= 15 is 0 Å². The van der Waals surface area contributed by atoms with Crippen molar-refractivity contribution >= 4 is 105 Å². The zero-order chi connectivity index (χ0) is 46.1. The molecule has 0 saturated heterocycles. The van der Waals surface area contributed by atoms with E-state index in [9.17, 15) is 0 Å². The minimum absolute atomic E-state index is 0.190. The molecule has 11 aromatic rings. The van der Waals surface area contributed by atoms with Gasteiger partial charge in [-0.15, -0.1) is 16.4 Å². The third-order valence-corrected chi connectivity index (χ3v) is 14.0. The van der Waals surface area contributed by atoms with E-state index in [-0.39, 0.29) is 16.4 Å². The topological polar surface area (TPSA) is 8.17 Å². The first-order valence-electron chi connectivity index (χ1n) is 22.8. The number of aromatic nitrogens is 1. The van der Waals surface area contributed by atoms with Crippen molar-refractivity contribution in [3.63, 3.8) is 0 Å². The van der Waals surface area contributed by atoms with Crippen LogP contribution < -0.4 is 32.2 Å². The summed E-state index contributed by atoms with van der Waals surface area (Å²) in [7, 11) is 32.0. The molecule has 10 aromatic carbocycles. The molecule has 2 nitrogen and oxygen atoms in total. The molecule has 68 heavy (non-hydrogen) atoms. The standard InChI is InChI=1S/C61H37B5N2/c62-56-55(57(63)59(65)60(66)58(56)64)39-26-31-45(32-27-39)67(44-29-24-38(25-30-44)40-28-35-54-50(36-40)49-21-11-13-23-53(49)68(54)43-18-8-3-9-19-43)46-33-34-48-47-20-10-12-22-51(47)61(52(48)37-46,41-14-4-1-5-15-41)42-16-6-2-7-17-42/h1-37H. The van der Waals surface area contributed by atoms with Crippen molar-refractivity contribution in [2.24, 2.45) is 0 Å². The Bertz CT molecular complexity index is 3650. The summed E-state index contributed by atoms with van der Waals surface area (Å²) in [6, 6.07) is 80.5. The summed E-state index contributed by atoms with van der Waals surface area (Å²) in [4.78, 5) is 2.31. The molecular formula is C61H37B5N2. The van der Waals surface area contributed by atoms with Crippen LogP contribution in [0.25, 0.3) is 60.9 Å². The van der Waals surface area contributed by atoms with Gasteiger partial charge in [0.25, 0.3) is 0 Å². The molecule has 1 aliphatic rings. The summed E-state index contributed by atoms with van der Waals surface area (Å²) in [5.41, 5.74) is 18.0. The van der Waals surface area contributed by atoms with Crippen LogP contribution in [0.4, 0.5) is 17.1 Å². The molecule has 0 fully saturated rings. The highest BCUT2D eigenvalue weighted by atomic mass is 15.1. The summed E-state index contributed by atoms with van der Waals surface area (Å²) in [5.74, 6) is 0. The van der Waals surface area contributed by atoms with E-state index in [0.29, 0.717) is 16.5 Å². The fourth-order valence-corrected chi connectivity index (χ4v) is 10.8. The van der Waals surface area contributed by atoms with Gasteiger partial charge in [-0.2, -0.15) is 0 Å². The fourth-order valence-electron chi connectivity index (χ4n) is 10.8. The molecule has 306 valence electrons. The summed E-state index contributed by atoms with van der Waals surface area (Å²) >= 11 is 0. The van der Waals surface area contributed by atoms with Crippen molar-refractivity contribution < 1.29 is 0 Å². The van der Waals surface area contributed by atoms with Crippen LogP contribution in [0.2, 0.25) is 0 Å². The lowest BCUT2D eigenvalue weighted by atomic mass is 9.60. The smallest absolute Gasteiger partial charge is 0.113 e. The van der Waals surface area contributed by atoms with E-state index in [1.54, 1.807) is 0 Å². The average molecular weight is 852 g/mol. The van der Waals surface area contributed by atoms with Gasteiger partial charge in [0.15, 0.2) is 0 Å². The average Bonchev–Trinajstić information content (AvgIpc) is 3.89. The van der Waals surface area contributed by atoms with Crippen molar-refractivity contribution in [1.29, 1.82) is 0 Å². The number of para-hydroxylation sites is 2. The highest BCUT2D eigenvalue weighted by Crippen LogP contribution is 2.57. The molecule has 0 bridgehead atoms. The van der Waals surface area contributed by atoms with Gasteiger partial charge >= 0.3 is 0 Å². The lowest BCUT2D eigenvalue weighted by Gasteiger charge is -2.35. The van der Waals surface area contributed by atoms with Crippen molar-refractivity contribution in [3.05, 3.63) is 247 Å². The van der Waals surface area contributed by atoms with Gasteiger partial charge < -0.3 is 9.47 Å². The van der Waals surface area contributed by atoms with Gasteiger partial charge in [0, 0.05) is 33.5 Å². The van der Waals surface area contributed by atoms with Gasteiger partial charge in [-0.05, 0) is 122 Å². The molecule has 12 rings (SSSR count). The van der Waals surface area contributed by atoms with Gasteiger partial charge in [0.2, 0.25) is 0 Å².